The van der Waals surface area contributed by atoms with Crippen LogP contribution in [0.25, 0.3) is 11.0 Å². The van der Waals surface area contributed by atoms with Crippen LogP contribution < -0.4 is 9.88 Å². The highest BCUT2D eigenvalue weighted by Gasteiger charge is 2.16. The maximum absolute atomic E-state index is 11.9. The van der Waals surface area contributed by atoms with Gasteiger partial charge >= 0.3 is 5.16 Å². The van der Waals surface area contributed by atoms with Crippen molar-refractivity contribution in [3.8, 4) is 0 Å². The van der Waals surface area contributed by atoms with Gasteiger partial charge < -0.3 is 0 Å². The zero-order valence-corrected chi connectivity index (χ0v) is 12.2. The van der Waals surface area contributed by atoms with Crippen molar-refractivity contribution in [1.29, 1.82) is 0 Å². The van der Waals surface area contributed by atoms with Gasteiger partial charge in [0.1, 0.15) is 0 Å². The first-order valence-corrected chi connectivity index (χ1v) is 7.39. The lowest BCUT2D eigenvalue weighted by Crippen LogP contribution is -2.29. The van der Waals surface area contributed by atoms with Crippen LogP contribution >= 0.6 is 11.8 Å². The Bertz CT molecular complexity index is 771. The molecule has 2 N–H and O–H groups in total. The van der Waals surface area contributed by atoms with Gasteiger partial charge in [-0.1, -0.05) is 12.1 Å². The van der Waals surface area contributed by atoms with E-state index in [-0.39, 0.29) is 5.91 Å². The number of carbonyl (C=O) groups is 1. The molecule has 3 aromatic rings. The lowest BCUT2D eigenvalue weighted by Gasteiger charge is -2.00. The van der Waals surface area contributed by atoms with Crippen LogP contribution in [0.2, 0.25) is 0 Å². The van der Waals surface area contributed by atoms with Gasteiger partial charge in [0.25, 0.3) is 0 Å². The van der Waals surface area contributed by atoms with Crippen molar-refractivity contribution in [2.75, 3.05) is 11.1 Å². The van der Waals surface area contributed by atoms with Crippen molar-refractivity contribution < 1.29 is 9.36 Å². The third kappa shape index (κ3) is 3.03. The van der Waals surface area contributed by atoms with Gasteiger partial charge in [-0.3, -0.25) is 10.1 Å². The molecule has 0 spiro atoms. The molecule has 0 atom stereocenters. The quantitative estimate of drug-likeness (QED) is 0.566. The van der Waals surface area contributed by atoms with E-state index < -0.39 is 0 Å². The lowest BCUT2D eigenvalue weighted by atomic mass is 10.3. The van der Waals surface area contributed by atoms with Crippen LogP contribution in [0.1, 0.15) is 0 Å². The van der Waals surface area contributed by atoms with Gasteiger partial charge in [0, 0.05) is 12.4 Å². The molecule has 6 nitrogen and oxygen atoms in total. The summed E-state index contributed by atoms with van der Waals surface area (Å²) in [5.74, 6) is 0.479. The molecule has 1 amide bonds. The summed E-state index contributed by atoms with van der Waals surface area (Å²) in [4.78, 5) is 23.1. The normalized spacial score (nSPS) is 10.7. The molecule has 2 aromatic heterocycles. The first-order valence-electron chi connectivity index (χ1n) is 6.40. The number of hydrogen-bond acceptors (Lipinski definition) is 4. The fourth-order valence-electron chi connectivity index (χ4n) is 1.97. The Balaban J connectivity index is 1.66. The predicted molar refractivity (Wildman–Crippen MR) is 80.9 cm³/mol. The molecule has 3 rings (SSSR count). The highest BCUT2D eigenvalue weighted by molar-refractivity contribution is 7.99. The molecule has 0 radical (unpaired) electrons. The van der Waals surface area contributed by atoms with Crippen molar-refractivity contribution in [2.45, 2.75) is 5.16 Å². The Kier molecular flexibility index (Phi) is 3.83. The highest BCUT2D eigenvalue weighted by Crippen LogP contribution is 2.17. The highest BCUT2D eigenvalue weighted by atomic mass is 32.2. The summed E-state index contributed by atoms with van der Waals surface area (Å²) < 4.78 is 2.03. The number of amides is 1. The van der Waals surface area contributed by atoms with Gasteiger partial charge in [0.2, 0.25) is 11.9 Å². The second-order valence-electron chi connectivity index (χ2n) is 4.42. The molecule has 0 aliphatic rings. The number of thioether (sulfide) groups is 1. The summed E-state index contributed by atoms with van der Waals surface area (Å²) in [6.45, 7) is 0. The van der Waals surface area contributed by atoms with Crippen LogP contribution in [0, 0.1) is 0 Å². The van der Waals surface area contributed by atoms with Gasteiger partial charge in [-0.15, -0.1) is 0 Å². The minimum absolute atomic E-state index is 0.134. The molecule has 0 bridgehead atoms. The van der Waals surface area contributed by atoms with Crippen LogP contribution in [0.4, 0.5) is 5.95 Å². The number of nitrogens with one attached hydrogen (secondary N) is 2. The molecule has 0 saturated heterocycles. The molecule has 7 heteroatoms. The van der Waals surface area contributed by atoms with E-state index in [9.17, 15) is 4.79 Å². The van der Waals surface area contributed by atoms with E-state index in [1.54, 1.807) is 18.5 Å². The van der Waals surface area contributed by atoms with E-state index in [1.165, 1.54) is 11.8 Å². The number of anilines is 1. The number of imidazole rings is 1. The summed E-state index contributed by atoms with van der Waals surface area (Å²) in [6.07, 6.45) is 3.18. The molecule has 0 saturated carbocycles. The van der Waals surface area contributed by atoms with Gasteiger partial charge in [-0.05, 0) is 30.0 Å². The minimum Gasteiger partial charge on any atom is -0.294 e. The monoisotopic (exact) mass is 300 g/mol. The van der Waals surface area contributed by atoms with Gasteiger partial charge in [-0.25, -0.2) is 19.5 Å². The second-order valence-corrected chi connectivity index (χ2v) is 5.38. The van der Waals surface area contributed by atoms with E-state index in [4.69, 9.17) is 0 Å². The lowest BCUT2D eigenvalue weighted by molar-refractivity contribution is -0.683. The molecule has 0 aliphatic carbocycles. The number of aryl methyl sites for hydroxylation is 1. The van der Waals surface area contributed by atoms with Crippen molar-refractivity contribution in [2.24, 2.45) is 7.05 Å². The largest absolute Gasteiger partial charge is 0.317 e. The summed E-state index contributed by atoms with van der Waals surface area (Å²) in [5.41, 5.74) is 2.15. The standard InChI is InChI=1S/C14H13N5OS/c1-19-11-6-3-2-5-10(11)17-14(19)21-9-12(20)18-13-15-7-4-8-16-13/h2-8H,9H2,1H3,(H,15,16,18,20)/p+1. The van der Waals surface area contributed by atoms with Crippen LogP contribution in [0.15, 0.2) is 47.9 Å². The molecule has 0 unspecified atom stereocenters. The molecule has 0 fully saturated rings. The van der Waals surface area contributed by atoms with Gasteiger partial charge in [0.05, 0.1) is 12.8 Å². The van der Waals surface area contributed by atoms with Gasteiger partial charge in [0.15, 0.2) is 11.0 Å². The number of para-hydroxylation sites is 2. The number of aromatic amines is 1. The molecular formula is C14H14N5OS+. The SMILES string of the molecule is C[n+]1c(SCC(=O)Nc2ncccn2)[nH]c2ccccc21. The molecule has 21 heavy (non-hydrogen) atoms. The van der Waals surface area contributed by atoms with Crippen molar-refractivity contribution in [1.82, 2.24) is 15.0 Å². The number of aromatic nitrogens is 4. The average molecular weight is 300 g/mol. The number of rotatable bonds is 4. The number of carbonyl (C=O) groups excluding carboxylic acids is 1. The maximum atomic E-state index is 11.9. The van der Waals surface area contributed by atoms with E-state index >= 15 is 0 Å². The van der Waals surface area contributed by atoms with Crippen LogP contribution in [-0.2, 0) is 11.8 Å². The zero-order valence-electron chi connectivity index (χ0n) is 11.4. The fraction of sp³-hybridized carbons (Fsp3) is 0.143. The summed E-state index contributed by atoms with van der Waals surface area (Å²) in [7, 11) is 1.97. The zero-order chi connectivity index (χ0) is 14.7. The predicted octanol–water partition coefficient (Wildman–Crippen LogP) is 1.51. The van der Waals surface area contributed by atoms with Crippen molar-refractivity contribution in [3.05, 3.63) is 42.7 Å². The van der Waals surface area contributed by atoms with Crippen molar-refractivity contribution >= 4 is 34.7 Å². The number of nitrogens with zero attached hydrogens (tertiary/aromatic N) is 3. The summed E-state index contributed by atoms with van der Waals surface area (Å²) in [5, 5.41) is 3.59. The second kappa shape index (κ2) is 5.92. The van der Waals surface area contributed by atoms with Crippen LogP contribution in [0.3, 0.4) is 0 Å². The number of fused-ring (bicyclic) bond motifs is 1. The first-order chi connectivity index (χ1) is 10.2. The van der Waals surface area contributed by atoms with Gasteiger partial charge in [-0.2, -0.15) is 0 Å². The maximum Gasteiger partial charge on any atom is 0.317 e. The first kappa shape index (κ1) is 13.6. The minimum atomic E-state index is -0.134. The third-order valence-corrected chi connectivity index (χ3v) is 4.02. The third-order valence-electron chi connectivity index (χ3n) is 2.97. The summed E-state index contributed by atoms with van der Waals surface area (Å²) in [6, 6.07) is 9.72. The van der Waals surface area contributed by atoms with Crippen LogP contribution in [-0.4, -0.2) is 26.6 Å². The van der Waals surface area contributed by atoms with E-state index in [1.807, 2.05) is 35.9 Å². The fourth-order valence-corrected chi connectivity index (χ4v) is 2.79. The average Bonchev–Trinajstić information content (AvgIpc) is 2.83. The molecule has 1 aromatic carbocycles. The Morgan fingerprint density at radius 1 is 1.29 bits per heavy atom. The number of hydrogen-bond donors (Lipinski definition) is 2. The smallest absolute Gasteiger partial charge is 0.294 e. The van der Waals surface area contributed by atoms with E-state index in [2.05, 4.69) is 20.3 Å². The van der Waals surface area contributed by atoms with Crippen molar-refractivity contribution in [3.63, 3.8) is 0 Å². The topological polar surface area (TPSA) is 74.5 Å². The molecular weight excluding hydrogens is 286 g/mol. The van der Waals surface area contributed by atoms with E-state index in [0.29, 0.717) is 11.7 Å². The molecule has 2 heterocycles. The van der Waals surface area contributed by atoms with E-state index in [0.717, 1.165) is 16.2 Å². The van der Waals surface area contributed by atoms with Crippen LogP contribution in [0.5, 0.6) is 0 Å². The Morgan fingerprint density at radius 2 is 2.05 bits per heavy atom. The Labute approximate surface area is 125 Å². The molecule has 106 valence electrons. The summed E-state index contributed by atoms with van der Waals surface area (Å²) >= 11 is 1.44. The number of H-pyrrole nitrogens is 1. The Hall–Kier alpha value is -2.41. The Morgan fingerprint density at radius 3 is 2.81 bits per heavy atom. The molecule has 0 aliphatic heterocycles. The number of benzene rings is 1.